The summed E-state index contributed by atoms with van der Waals surface area (Å²) in [4.78, 5) is 2.24. The van der Waals surface area contributed by atoms with Gasteiger partial charge >= 0.3 is 0 Å². The summed E-state index contributed by atoms with van der Waals surface area (Å²) in [6.45, 7) is 2.52. The molecule has 1 saturated heterocycles. The van der Waals surface area contributed by atoms with Gasteiger partial charge < -0.3 is 14.6 Å². The van der Waals surface area contributed by atoms with Crippen LogP contribution in [0.5, 0.6) is 11.5 Å². The van der Waals surface area contributed by atoms with Gasteiger partial charge in [0, 0.05) is 25.7 Å². The number of β-amino-alcohol motifs (C(OH)–C–C–N with tert-alkyl or cyclic N) is 1. The second-order valence-electron chi connectivity index (χ2n) is 4.40. The first-order valence-corrected chi connectivity index (χ1v) is 5.83. The van der Waals surface area contributed by atoms with E-state index in [1.807, 2.05) is 18.2 Å². The van der Waals surface area contributed by atoms with Gasteiger partial charge in [-0.25, -0.2) is 0 Å². The Morgan fingerprint density at radius 3 is 2.35 bits per heavy atom. The molecule has 1 aliphatic heterocycles. The third kappa shape index (κ3) is 3.11. The Balaban J connectivity index is 2.09. The van der Waals surface area contributed by atoms with Crippen molar-refractivity contribution in [3.8, 4) is 11.5 Å². The van der Waals surface area contributed by atoms with Gasteiger partial charge in [0.15, 0.2) is 0 Å². The van der Waals surface area contributed by atoms with Crippen molar-refractivity contribution in [3.05, 3.63) is 23.8 Å². The number of hydrogen-bond acceptors (Lipinski definition) is 4. The molecule has 1 heterocycles. The van der Waals surface area contributed by atoms with Crippen molar-refractivity contribution in [2.75, 3.05) is 27.3 Å². The van der Waals surface area contributed by atoms with Gasteiger partial charge in [0.2, 0.25) is 0 Å². The molecule has 94 valence electrons. The Morgan fingerprint density at radius 1 is 1.24 bits per heavy atom. The highest BCUT2D eigenvalue weighted by molar-refractivity contribution is 5.38. The monoisotopic (exact) mass is 237 g/mol. The molecule has 0 saturated carbocycles. The number of hydrogen-bond donors (Lipinski definition) is 1. The van der Waals surface area contributed by atoms with Gasteiger partial charge in [-0.05, 0) is 24.1 Å². The maximum Gasteiger partial charge on any atom is 0.122 e. The van der Waals surface area contributed by atoms with Crippen LogP contribution < -0.4 is 9.47 Å². The average Bonchev–Trinajstić information content (AvgIpc) is 2.74. The highest BCUT2D eigenvalue weighted by Crippen LogP contribution is 2.24. The van der Waals surface area contributed by atoms with E-state index in [2.05, 4.69) is 4.90 Å². The van der Waals surface area contributed by atoms with Crippen LogP contribution in [-0.2, 0) is 6.54 Å². The summed E-state index contributed by atoms with van der Waals surface area (Å²) in [6.07, 6.45) is 0.684. The molecule has 1 aromatic rings. The fraction of sp³-hybridized carbons (Fsp3) is 0.538. The molecule has 0 amide bonds. The molecular formula is C13H19NO3. The molecule has 1 aromatic carbocycles. The molecule has 1 aliphatic rings. The average molecular weight is 237 g/mol. The van der Waals surface area contributed by atoms with Crippen molar-refractivity contribution >= 4 is 0 Å². The summed E-state index contributed by atoms with van der Waals surface area (Å²) >= 11 is 0. The zero-order valence-corrected chi connectivity index (χ0v) is 10.3. The molecule has 0 aliphatic carbocycles. The summed E-state index contributed by atoms with van der Waals surface area (Å²) < 4.78 is 10.5. The number of nitrogens with zero attached hydrogens (tertiary/aromatic N) is 1. The number of methoxy groups -OCH3 is 2. The van der Waals surface area contributed by atoms with E-state index in [0.29, 0.717) is 0 Å². The van der Waals surface area contributed by atoms with E-state index in [4.69, 9.17) is 9.47 Å². The molecular weight excluding hydrogens is 218 g/mol. The van der Waals surface area contributed by atoms with E-state index in [1.54, 1.807) is 14.2 Å². The second kappa shape index (κ2) is 5.38. The minimum Gasteiger partial charge on any atom is -0.497 e. The molecule has 1 atom stereocenters. The van der Waals surface area contributed by atoms with Crippen LogP contribution >= 0.6 is 0 Å². The van der Waals surface area contributed by atoms with Gasteiger partial charge in [-0.15, -0.1) is 0 Å². The lowest BCUT2D eigenvalue weighted by Gasteiger charge is -2.16. The normalized spacial score (nSPS) is 20.5. The van der Waals surface area contributed by atoms with Crippen LogP contribution in [0.3, 0.4) is 0 Å². The van der Waals surface area contributed by atoms with Crippen LogP contribution in [0.4, 0.5) is 0 Å². The van der Waals surface area contributed by atoms with Gasteiger partial charge in [-0.3, -0.25) is 4.90 Å². The molecule has 0 aromatic heterocycles. The number of ether oxygens (including phenoxy) is 2. The summed E-state index contributed by atoms with van der Waals surface area (Å²) in [5.41, 5.74) is 1.15. The van der Waals surface area contributed by atoms with Crippen molar-refractivity contribution in [2.45, 2.75) is 19.1 Å². The fourth-order valence-electron chi connectivity index (χ4n) is 2.17. The number of rotatable bonds is 4. The fourth-order valence-corrected chi connectivity index (χ4v) is 2.17. The zero-order valence-electron chi connectivity index (χ0n) is 10.3. The lowest BCUT2D eigenvalue weighted by Crippen LogP contribution is -2.21. The lowest BCUT2D eigenvalue weighted by molar-refractivity contribution is 0.174. The topological polar surface area (TPSA) is 41.9 Å². The smallest absolute Gasteiger partial charge is 0.122 e. The first-order valence-electron chi connectivity index (χ1n) is 5.83. The van der Waals surface area contributed by atoms with E-state index in [9.17, 15) is 5.11 Å². The third-order valence-corrected chi connectivity index (χ3v) is 3.06. The molecule has 4 heteroatoms. The summed E-state index contributed by atoms with van der Waals surface area (Å²) in [5, 5.41) is 9.49. The number of aliphatic hydroxyl groups excluding tert-OH is 1. The Bertz CT molecular complexity index is 359. The van der Waals surface area contributed by atoms with Gasteiger partial charge in [0.25, 0.3) is 0 Å². The molecule has 1 fully saturated rings. The van der Waals surface area contributed by atoms with Crippen molar-refractivity contribution in [1.29, 1.82) is 0 Å². The van der Waals surface area contributed by atoms with E-state index in [-0.39, 0.29) is 6.10 Å². The van der Waals surface area contributed by atoms with Gasteiger partial charge in [0.05, 0.1) is 20.3 Å². The predicted molar refractivity (Wildman–Crippen MR) is 65.4 cm³/mol. The molecule has 17 heavy (non-hydrogen) atoms. The van der Waals surface area contributed by atoms with Crippen LogP contribution in [0.25, 0.3) is 0 Å². The highest BCUT2D eigenvalue weighted by Gasteiger charge is 2.20. The van der Waals surface area contributed by atoms with E-state index >= 15 is 0 Å². The summed E-state index contributed by atoms with van der Waals surface area (Å²) in [7, 11) is 3.30. The van der Waals surface area contributed by atoms with Crippen molar-refractivity contribution in [3.63, 3.8) is 0 Å². The van der Waals surface area contributed by atoms with E-state index in [1.165, 1.54) is 0 Å². The van der Waals surface area contributed by atoms with Crippen molar-refractivity contribution in [1.82, 2.24) is 4.90 Å². The summed E-state index contributed by atoms with van der Waals surface area (Å²) in [6, 6.07) is 5.88. The lowest BCUT2D eigenvalue weighted by atomic mass is 10.2. The van der Waals surface area contributed by atoms with Crippen LogP contribution in [0.1, 0.15) is 12.0 Å². The number of likely N-dealkylation sites (tertiary alicyclic amines) is 1. The van der Waals surface area contributed by atoms with Gasteiger partial charge in [-0.1, -0.05) is 0 Å². The Hall–Kier alpha value is -1.26. The summed E-state index contributed by atoms with van der Waals surface area (Å²) in [5.74, 6) is 1.61. The molecule has 0 bridgehead atoms. The Morgan fingerprint density at radius 2 is 1.88 bits per heavy atom. The Kier molecular flexibility index (Phi) is 3.86. The van der Waals surface area contributed by atoms with E-state index < -0.39 is 0 Å². The van der Waals surface area contributed by atoms with Crippen LogP contribution in [0, 0.1) is 0 Å². The Labute approximate surface area is 102 Å². The largest absolute Gasteiger partial charge is 0.497 e. The first-order chi connectivity index (χ1) is 8.21. The van der Waals surface area contributed by atoms with E-state index in [0.717, 1.165) is 43.1 Å². The second-order valence-corrected chi connectivity index (χ2v) is 4.40. The molecule has 4 nitrogen and oxygen atoms in total. The SMILES string of the molecule is COc1cc(CN2CC[C@@H](O)C2)cc(OC)c1. The zero-order chi connectivity index (χ0) is 12.3. The highest BCUT2D eigenvalue weighted by atomic mass is 16.5. The minimum atomic E-state index is -0.178. The van der Waals surface area contributed by atoms with Gasteiger partial charge in [-0.2, -0.15) is 0 Å². The quantitative estimate of drug-likeness (QED) is 0.856. The molecule has 2 rings (SSSR count). The van der Waals surface area contributed by atoms with Crippen molar-refractivity contribution in [2.24, 2.45) is 0 Å². The molecule has 0 spiro atoms. The molecule has 1 N–H and O–H groups in total. The standard InChI is InChI=1S/C13H19NO3/c1-16-12-5-10(6-13(7-12)17-2)8-14-4-3-11(15)9-14/h5-7,11,15H,3-4,8-9H2,1-2H3/t11-/m1/s1. The van der Waals surface area contributed by atoms with Crippen molar-refractivity contribution < 1.29 is 14.6 Å². The number of benzene rings is 1. The number of aliphatic hydroxyl groups is 1. The van der Waals surface area contributed by atoms with Crippen LogP contribution in [0.15, 0.2) is 18.2 Å². The first kappa shape index (κ1) is 12.2. The minimum absolute atomic E-state index is 0.178. The van der Waals surface area contributed by atoms with Crippen LogP contribution in [0.2, 0.25) is 0 Å². The maximum atomic E-state index is 9.49. The third-order valence-electron chi connectivity index (χ3n) is 3.06. The molecule has 0 unspecified atom stereocenters. The maximum absolute atomic E-state index is 9.49. The van der Waals surface area contributed by atoms with Gasteiger partial charge in [0.1, 0.15) is 11.5 Å². The van der Waals surface area contributed by atoms with Crippen LogP contribution in [-0.4, -0.2) is 43.4 Å². The predicted octanol–water partition coefficient (Wildman–Crippen LogP) is 1.27. The molecule has 0 radical (unpaired) electrons.